The van der Waals surface area contributed by atoms with Crippen molar-refractivity contribution < 1.29 is 19.1 Å². The number of aromatic nitrogens is 1. The third-order valence-corrected chi connectivity index (χ3v) is 6.55. The van der Waals surface area contributed by atoms with E-state index >= 15 is 0 Å². The summed E-state index contributed by atoms with van der Waals surface area (Å²) in [5.74, 6) is -0.647. The summed E-state index contributed by atoms with van der Waals surface area (Å²) in [5, 5.41) is 14.3. The second-order valence-corrected chi connectivity index (χ2v) is 9.43. The topological polar surface area (TPSA) is 134 Å². The molecular formula is C32H29N5O5. The number of nitriles is 1. The van der Waals surface area contributed by atoms with Crippen LogP contribution in [-0.2, 0) is 22.6 Å². The largest absolute Gasteiger partial charge is 0.497 e. The molecule has 1 unspecified atom stereocenters. The Bertz CT molecular complexity index is 1660. The zero-order valence-corrected chi connectivity index (χ0v) is 23.1. The lowest BCUT2D eigenvalue weighted by Gasteiger charge is -2.25. The van der Waals surface area contributed by atoms with Gasteiger partial charge in [-0.15, -0.1) is 0 Å². The van der Waals surface area contributed by atoms with E-state index in [1.807, 2.05) is 36.4 Å². The summed E-state index contributed by atoms with van der Waals surface area (Å²) in [6.45, 7) is -0.326. The van der Waals surface area contributed by atoms with Crippen molar-refractivity contribution in [2.24, 2.45) is 0 Å². The fourth-order valence-electron chi connectivity index (χ4n) is 4.23. The van der Waals surface area contributed by atoms with Crippen LogP contribution < -0.4 is 25.8 Å². The fourth-order valence-corrected chi connectivity index (χ4v) is 4.23. The van der Waals surface area contributed by atoms with Gasteiger partial charge in [-0.05, 0) is 60.2 Å². The second kappa shape index (κ2) is 13.6. The van der Waals surface area contributed by atoms with Crippen LogP contribution in [0.3, 0.4) is 0 Å². The zero-order valence-electron chi connectivity index (χ0n) is 23.1. The van der Waals surface area contributed by atoms with Gasteiger partial charge in [0.05, 0.1) is 18.7 Å². The van der Waals surface area contributed by atoms with Crippen LogP contribution in [0, 0.1) is 11.3 Å². The minimum absolute atomic E-state index is 0.251. The lowest BCUT2D eigenvalue weighted by Crippen LogP contribution is -2.50. The molecule has 1 aromatic heterocycles. The summed E-state index contributed by atoms with van der Waals surface area (Å²) in [5.41, 5.74) is 1.98. The highest BCUT2D eigenvalue weighted by Gasteiger charge is 2.25. The molecule has 10 heteroatoms. The van der Waals surface area contributed by atoms with E-state index in [-0.39, 0.29) is 24.6 Å². The Hall–Kier alpha value is -5.69. The predicted octanol–water partition coefficient (Wildman–Crippen LogP) is 3.37. The summed E-state index contributed by atoms with van der Waals surface area (Å²) in [6, 6.07) is 26.2. The minimum atomic E-state index is -0.895. The third-order valence-electron chi connectivity index (χ3n) is 6.55. The number of amides is 3. The van der Waals surface area contributed by atoms with E-state index in [4.69, 9.17) is 10.00 Å². The molecule has 2 N–H and O–H groups in total. The molecule has 212 valence electrons. The molecule has 3 amide bonds. The highest BCUT2D eigenvalue weighted by molar-refractivity contribution is 6.04. The zero-order chi connectivity index (χ0) is 30.1. The highest BCUT2D eigenvalue weighted by atomic mass is 16.5. The quantitative estimate of drug-likeness (QED) is 0.304. The first-order chi connectivity index (χ1) is 20.3. The Morgan fingerprint density at radius 1 is 0.976 bits per heavy atom. The van der Waals surface area contributed by atoms with Crippen LogP contribution in [0.25, 0.3) is 0 Å². The number of methoxy groups -OCH3 is 1. The van der Waals surface area contributed by atoms with E-state index in [1.54, 1.807) is 38.4 Å². The first kappa shape index (κ1) is 29.3. The third kappa shape index (κ3) is 7.49. The molecule has 3 aromatic carbocycles. The van der Waals surface area contributed by atoms with Crippen molar-refractivity contribution in [1.82, 2.24) is 9.88 Å². The molecule has 0 aliphatic carbocycles. The van der Waals surface area contributed by atoms with Crippen LogP contribution in [0.2, 0.25) is 0 Å². The van der Waals surface area contributed by atoms with E-state index in [2.05, 4.69) is 10.6 Å². The van der Waals surface area contributed by atoms with Crippen molar-refractivity contribution in [3.05, 3.63) is 124 Å². The van der Waals surface area contributed by atoms with Crippen molar-refractivity contribution in [3.63, 3.8) is 0 Å². The van der Waals surface area contributed by atoms with Gasteiger partial charge < -0.3 is 24.8 Å². The number of carbonyl (C=O) groups excluding carboxylic acids is 3. The maximum Gasteiger partial charge on any atom is 0.255 e. The number of carbonyl (C=O) groups is 3. The van der Waals surface area contributed by atoms with Crippen LogP contribution >= 0.6 is 0 Å². The maximum absolute atomic E-state index is 13.5. The number of likely N-dealkylation sites (N-methyl/N-ethyl adjacent to an activating group) is 1. The summed E-state index contributed by atoms with van der Waals surface area (Å²) in [7, 11) is 3.19. The van der Waals surface area contributed by atoms with Gasteiger partial charge in [0.15, 0.2) is 0 Å². The van der Waals surface area contributed by atoms with Gasteiger partial charge in [-0.2, -0.15) is 5.26 Å². The number of pyridine rings is 1. The van der Waals surface area contributed by atoms with Crippen LogP contribution in [0.5, 0.6) is 5.75 Å². The van der Waals surface area contributed by atoms with E-state index in [1.165, 1.54) is 52.1 Å². The molecule has 4 rings (SSSR count). The summed E-state index contributed by atoms with van der Waals surface area (Å²) < 4.78 is 6.37. The number of ether oxygens (including phenoxy) is 1. The second-order valence-electron chi connectivity index (χ2n) is 9.43. The molecule has 0 aliphatic rings. The highest BCUT2D eigenvalue weighted by Crippen LogP contribution is 2.19. The normalized spacial score (nSPS) is 11.1. The summed E-state index contributed by atoms with van der Waals surface area (Å²) in [4.78, 5) is 53.3. The molecule has 0 saturated carbocycles. The molecule has 0 fully saturated rings. The standard InChI is InChI=1S/C32H29N5O5/c1-36(26-12-14-27(42-2)15-13-26)32(41)28(18-22-6-4-3-5-7-22)35-29(38)21-37-17-16-25(19-30(37)39)34-31(40)24-10-8-23(20-33)9-11-24/h3-17,19,28H,18,21H2,1-2H3,(H,34,40)(H,35,38). The first-order valence-electron chi connectivity index (χ1n) is 13.0. The molecule has 0 bridgehead atoms. The molecule has 1 atom stereocenters. The van der Waals surface area contributed by atoms with Gasteiger partial charge >= 0.3 is 0 Å². The van der Waals surface area contributed by atoms with Crippen molar-refractivity contribution in [3.8, 4) is 11.8 Å². The smallest absolute Gasteiger partial charge is 0.255 e. The number of benzene rings is 3. The van der Waals surface area contributed by atoms with Crippen LogP contribution in [0.4, 0.5) is 11.4 Å². The van der Waals surface area contributed by atoms with Crippen molar-refractivity contribution >= 4 is 29.1 Å². The Morgan fingerprint density at radius 3 is 2.29 bits per heavy atom. The molecular weight excluding hydrogens is 534 g/mol. The van der Waals surface area contributed by atoms with Crippen LogP contribution in [0.1, 0.15) is 21.5 Å². The molecule has 10 nitrogen and oxygen atoms in total. The number of nitrogens with one attached hydrogen (secondary N) is 2. The molecule has 42 heavy (non-hydrogen) atoms. The van der Waals surface area contributed by atoms with Gasteiger partial charge in [0.1, 0.15) is 18.3 Å². The predicted molar refractivity (Wildman–Crippen MR) is 158 cm³/mol. The number of hydrogen-bond donors (Lipinski definition) is 2. The number of anilines is 2. The van der Waals surface area contributed by atoms with Gasteiger partial charge in [0.25, 0.3) is 11.5 Å². The molecule has 0 radical (unpaired) electrons. The monoisotopic (exact) mass is 563 g/mol. The fraction of sp³-hybridized carbons (Fsp3) is 0.156. The average Bonchev–Trinajstić information content (AvgIpc) is 3.02. The van der Waals surface area contributed by atoms with Crippen molar-refractivity contribution in [2.75, 3.05) is 24.4 Å². The van der Waals surface area contributed by atoms with E-state index < -0.39 is 23.4 Å². The summed E-state index contributed by atoms with van der Waals surface area (Å²) in [6.07, 6.45) is 1.65. The Labute approximate surface area is 242 Å². The van der Waals surface area contributed by atoms with Gasteiger partial charge in [-0.25, -0.2) is 0 Å². The molecule has 0 spiro atoms. The average molecular weight is 564 g/mol. The van der Waals surface area contributed by atoms with Gasteiger partial charge in [0.2, 0.25) is 11.8 Å². The maximum atomic E-state index is 13.5. The van der Waals surface area contributed by atoms with Crippen molar-refractivity contribution in [2.45, 2.75) is 19.0 Å². The van der Waals surface area contributed by atoms with Gasteiger partial charge in [-0.3, -0.25) is 19.2 Å². The van der Waals surface area contributed by atoms with Gasteiger partial charge in [-0.1, -0.05) is 30.3 Å². The number of rotatable bonds is 10. The molecule has 0 saturated heterocycles. The SMILES string of the molecule is COc1ccc(N(C)C(=O)C(Cc2ccccc2)NC(=O)Cn2ccc(NC(=O)c3ccc(C#N)cc3)cc2=O)cc1. The molecule has 0 aliphatic heterocycles. The van der Waals surface area contributed by atoms with E-state index in [9.17, 15) is 19.2 Å². The van der Waals surface area contributed by atoms with Gasteiger partial charge in [0, 0.05) is 42.7 Å². The lowest BCUT2D eigenvalue weighted by atomic mass is 10.0. The molecule has 1 heterocycles. The number of hydrogen-bond acceptors (Lipinski definition) is 6. The summed E-state index contributed by atoms with van der Waals surface area (Å²) >= 11 is 0. The Balaban J connectivity index is 1.45. The van der Waals surface area contributed by atoms with Crippen molar-refractivity contribution in [1.29, 1.82) is 5.26 Å². The molecule has 4 aromatic rings. The van der Waals surface area contributed by atoms with E-state index in [0.717, 1.165) is 5.56 Å². The minimum Gasteiger partial charge on any atom is -0.497 e. The van der Waals surface area contributed by atoms with E-state index in [0.29, 0.717) is 22.6 Å². The first-order valence-corrected chi connectivity index (χ1v) is 13.0. The number of nitrogens with zero attached hydrogens (tertiary/aromatic N) is 3. The van der Waals surface area contributed by atoms with Crippen LogP contribution in [-0.4, -0.2) is 42.5 Å². The lowest BCUT2D eigenvalue weighted by molar-refractivity contribution is -0.127. The Kier molecular flexibility index (Phi) is 9.48. The van der Waals surface area contributed by atoms with Crippen LogP contribution in [0.15, 0.2) is 102 Å². The Morgan fingerprint density at radius 2 is 1.67 bits per heavy atom.